The summed E-state index contributed by atoms with van der Waals surface area (Å²) in [6, 6.07) is 2.15. The first-order valence-corrected chi connectivity index (χ1v) is 6.37. The molecule has 1 heterocycles. The van der Waals surface area contributed by atoms with Gasteiger partial charge in [0.1, 0.15) is 5.41 Å². The first-order valence-electron chi connectivity index (χ1n) is 6.37. The van der Waals surface area contributed by atoms with E-state index in [2.05, 4.69) is 11.4 Å². The number of nitrogens with one attached hydrogen (secondary N) is 1. The molecule has 0 atom stereocenters. The van der Waals surface area contributed by atoms with Crippen molar-refractivity contribution in [2.45, 2.75) is 39.2 Å². The molecule has 1 amide bonds. The Morgan fingerprint density at radius 3 is 2.61 bits per heavy atom. The Kier molecular flexibility index (Phi) is 5.12. The number of nitrogens with zero attached hydrogens (tertiary/aromatic N) is 1. The third-order valence-corrected chi connectivity index (χ3v) is 3.20. The van der Waals surface area contributed by atoms with Crippen molar-refractivity contribution in [3.05, 3.63) is 0 Å². The van der Waals surface area contributed by atoms with E-state index in [1.807, 2.05) is 20.8 Å². The van der Waals surface area contributed by atoms with Crippen molar-refractivity contribution in [1.29, 1.82) is 5.26 Å². The minimum atomic E-state index is -0.930. The molecule has 0 saturated carbocycles. The predicted molar refractivity (Wildman–Crippen MR) is 66.8 cm³/mol. The normalized spacial score (nSPS) is 19.0. The zero-order chi connectivity index (χ0) is 13.6. The van der Waals surface area contributed by atoms with Crippen LogP contribution >= 0.6 is 0 Å². The smallest absolute Gasteiger partial charge is 0.240 e. The van der Waals surface area contributed by atoms with Crippen LogP contribution < -0.4 is 5.32 Å². The number of ether oxygens (including phenoxy) is 2. The highest BCUT2D eigenvalue weighted by Gasteiger charge is 2.40. The summed E-state index contributed by atoms with van der Waals surface area (Å²) >= 11 is 0. The zero-order valence-corrected chi connectivity index (χ0v) is 11.4. The average molecular weight is 254 g/mol. The summed E-state index contributed by atoms with van der Waals surface area (Å²) in [5.41, 5.74) is -1.34. The van der Waals surface area contributed by atoms with Crippen LogP contribution in [0.15, 0.2) is 0 Å². The van der Waals surface area contributed by atoms with Gasteiger partial charge < -0.3 is 14.8 Å². The maximum atomic E-state index is 12.2. The number of carbonyl (C=O) groups is 1. The second-order valence-corrected chi connectivity index (χ2v) is 5.18. The van der Waals surface area contributed by atoms with Gasteiger partial charge in [-0.15, -0.1) is 0 Å². The van der Waals surface area contributed by atoms with Gasteiger partial charge in [-0.3, -0.25) is 4.79 Å². The third-order valence-electron chi connectivity index (χ3n) is 3.20. The van der Waals surface area contributed by atoms with Crippen molar-refractivity contribution < 1.29 is 14.3 Å². The van der Waals surface area contributed by atoms with Crippen LogP contribution in [0.5, 0.6) is 0 Å². The van der Waals surface area contributed by atoms with Gasteiger partial charge in [-0.25, -0.2) is 0 Å². The maximum absolute atomic E-state index is 12.2. The quantitative estimate of drug-likeness (QED) is 0.801. The molecule has 1 aliphatic heterocycles. The van der Waals surface area contributed by atoms with Crippen molar-refractivity contribution in [1.82, 2.24) is 5.32 Å². The summed E-state index contributed by atoms with van der Waals surface area (Å²) in [4.78, 5) is 12.2. The van der Waals surface area contributed by atoms with E-state index in [-0.39, 0.29) is 5.91 Å². The first kappa shape index (κ1) is 14.9. The summed E-state index contributed by atoms with van der Waals surface area (Å²) in [5, 5.41) is 12.1. The third kappa shape index (κ3) is 3.69. The Balaban J connectivity index is 2.56. The van der Waals surface area contributed by atoms with E-state index in [1.54, 1.807) is 0 Å². The molecule has 1 fully saturated rings. The SMILES string of the molecule is CCOC(C)(C)CNC(=O)C1(C#N)CCOCC1. The van der Waals surface area contributed by atoms with Crippen molar-refractivity contribution in [3.8, 4) is 6.07 Å². The van der Waals surface area contributed by atoms with Gasteiger partial charge in [-0.2, -0.15) is 5.26 Å². The van der Waals surface area contributed by atoms with Crippen LogP contribution in [-0.4, -0.2) is 37.9 Å². The molecule has 1 rings (SSSR count). The van der Waals surface area contributed by atoms with Gasteiger partial charge in [-0.1, -0.05) is 0 Å². The molecule has 5 heteroatoms. The second-order valence-electron chi connectivity index (χ2n) is 5.18. The van der Waals surface area contributed by atoms with E-state index in [4.69, 9.17) is 9.47 Å². The monoisotopic (exact) mass is 254 g/mol. The molecule has 18 heavy (non-hydrogen) atoms. The highest BCUT2D eigenvalue weighted by atomic mass is 16.5. The van der Waals surface area contributed by atoms with Gasteiger partial charge in [0, 0.05) is 26.4 Å². The highest BCUT2D eigenvalue weighted by Crippen LogP contribution is 2.29. The fraction of sp³-hybridized carbons (Fsp3) is 0.846. The molecule has 0 aliphatic carbocycles. The molecule has 1 saturated heterocycles. The van der Waals surface area contributed by atoms with E-state index in [9.17, 15) is 10.1 Å². The highest BCUT2D eigenvalue weighted by molar-refractivity contribution is 5.85. The number of amides is 1. The van der Waals surface area contributed by atoms with Gasteiger partial charge in [0.2, 0.25) is 5.91 Å². The number of hydrogen-bond acceptors (Lipinski definition) is 4. The molecular formula is C13H22N2O3. The molecule has 0 aromatic carbocycles. The number of carbonyl (C=O) groups excluding carboxylic acids is 1. The topological polar surface area (TPSA) is 71.3 Å². The fourth-order valence-corrected chi connectivity index (χ4v) is 2.01. The second kappa shape index (κ2) is 6.17. The van der Waals surface area contributed by atoms with E-state index >= 15 is 0 Å². The molecule has 0 unspecified atom stereocenters. The van der Waals surface area contributed by atoms with Crippen LogP contribution in [0.25, 0.3) is 0 Å². The van der Waals surface area contributed by atoms with Crippen molar-refractivity contribution in [2.24, 2.45) is 5.41 Å². The minimum Gasteiger partial charge on any atom is -0.381 e. The summed E-state index contributed by atoms with van der Waals surface area (Å²) in [6.45, 7) is 7.69. The molecule has 0 bridgehead atoms. The lowest BCUT2D eigenvalue weighted by molar-refractivity contribution is -0.133. The standard InChI is InChI=1S/C13H22N2O3/c1-4-18-12(2,3)10-15-11(16)13(9-14)5-7-17-8-6-13/h4-8,10H2,1-3H3,(H,15,16). The Morgan fingerprint density at radius 2 is 2.11 bits per heavy atom. The predicted octanol–water partition coefficient (Wildman–Crippen LogP) is 1.24. The Morgan fingerprint density at radius 1 is 1.50 bits per heavy atom. The van der Waals surface area contributed by atoms with Crippen LogP contribution in [0.1, 0.15) is 33.6 Å². The van der Waals surface area contributed by atoms with E-state index in [0.29, 0.717) is 39.2 Å². The van der Waals surface area contributed by atoms with E-state index in [1.165, 1.54) is 0 Å². The van der Waals surface area contributed by atoms with Crippen molar-refractivity contribution >= 4 is 5.91 Å². The van der Waals surface area contributed by atoms with Crippen molar-refractivity contribution in [3.63, 3.8) is 0 Å². The lowest BCUT2D eigenvalue weighted by Gasteiger charge is -2.31. The molecule has 1 N–H and O–H groups in total. The molecule has 1 aliphatic rings. The lowest BCUT2D eigenvalue weighted by atomic mass is 9.81. The Hall–Kier alpha value is -1.12. The van der Waals surface area contributed by atoms with Gasteiger partial charge in [0.15, 0.2) is 0 Å². The van der Waals surface area contributed by atoms with Crippen LogP contribution in [0, 0.1) is 16.7 Å². The van der Waals surface area contributed by atoms with Gasteiger partial charge >= 0.3 is 0 Å². The molecule has 0 aromatic rings. The summed E-state index contributed by atoms with van der Waals surface area (Å²) in [7, 11) is 0. The summed E-state index contributed by atoms with van der Waals surface area (Å²) in [6.07, 6.45) is 0.925. The van der Waals surface area contributed by atoms with Gasteiger partial charge in [0.05, 0.1) is 11.7 Å². The van der Waals surface area contributed by atoms with Crippen LogP contribution in [0.2, 0.25) is 0 Å². The van der Waals surface area contributed by atoms with Crippen LogP contribution in [-0.2, 0) is 14.3 Å². The Bertz CT molecular complexity index is 328. The van der Waals surface area contributed by atoms with Gasteiger partial charge in [0.25, 0.3) is 0 Å². The van der Waals surface area contributed by atoms with Crippen LogP contribution in [0.4, 0.5) is 0 Å². The maximum Gasteiger partial charge on any atom is 0.240 e. The number of rotatable bonds is 5. The molecule has 0 spiro atoms. The Labute approximate surface area is 108 Å². The lowest BCUT2D eigenvalue weighted by Crippen LogP contribution is -2.48. The molecular weight excluding hydrogens is 232 g/mol. The largest absolute Gasteiger partial charge is 0.381 e. The first-order chi connectivity index (χ1) is 8.46. The van der Waals surface area contributed by atoms with Crippen LogP contribution in [0.3, 0.4) is 0 Å². The van der Waals surface area contributed by atoms with E-state index in [0.717, 1.165) is 0 Å². The molecule has 5 nitrogen and oxygen atoms in total. The minimum absolute atomic E-state index is 0.207. The fourth-order valence-electron chi connectivity index (χ4n) is 2.01. The van der Waals surface area contributed by atoms with Gasteiger partial charge in [-0.05, 0) is 33.6 Å². The van der Waals surface area contributed by atoms with Crippen molar-refractivity contribution in [2.75, 3.05) is 26.4 Å². The summed E-state index contributed by atoms with van der Waals surface area (Å²) in [5.74, 6) is -0.207. The summed E-state index contributed by atoms with van der Waals surface area (Å²) < 4.78 is 10.7. The molecule has 102 valence electrons. The number of hydrogen-bond donors (Lipinski definition) is 1. The van der Waals surface area contributed by atoms with E-state index < -0.39 is 11.0 Å². The molecule has 0 aromatic heterocycles. The number of nitriles is 1. The zero-order valence-electron chi connectivity index (χ0n) is 11.4. The average Bonchev–Trinajstić information content (AvgIpc) is 2.37. The molecule has 0 radical (unpaired) electrons.